The van der Waals surface area contributed by atoms with Crippen LogP contribution in [0.2, 0.25) is 5.02 Å². The van der Waals surface area contributed by atoms with Crippen LogP contribution in [0.4, 0.5) is 0 Å². The fourth-order valence-corrected chi connectivity index (χ4v) is 3.08. The first-order chi connectivity index (χ1) is 13.7. The molecule has 1 heterocycles. The topological polar surface area (TPSA) is 84.0 Å². The average molecular weight is 539 g/mol. The minimum atomic E-state index is -0.183. The standard InChI is InChI=1S/C20H31ClN4O3.HI/c1-22-20(24-9-4-12-28-15-16-7-13-27-14-8-16)25-11-10-23-19(26)17-5-2-3-6-18(17)21;/h2-3,5-6,16H,4,7-15H2,1H3,(H,23,26)(H2,22,24,25);1H. The van der Waals surface area contributed by atoms with Gasteiger partial charge in [-0.15, -0.1) is 24.0 Å². The predicted molar refractivity (Wildman–Crippen MR) is 128 cm³/mol. The van der Waals surface area contributed by atoms with Gasteiger partial charge in [0.1, 0.15) is 0 Å². The Labute approximate surface area is 195 Å². The molecule has 1 aliphatic rings. The van der Waals surface area contributed by atoms with Crippen LogP contribution in [0.25, 0.3) is 0 Å². The minimum absolute atomic E-state index is 0. The van der Waals surface area contributed by atoms with E-state index in [4.69, 9.17) is 21.1 Å². The molecule has 0 atom stereocenters. The fraction of sp³-hybridized carbons (Fsp3) is 0.600. The molecule has 0 radical (unpaired) electrons. The lowest BCUT2D eigenvalue weighted by Crippen LogP contribution is -2.42. The van der Waals surface area contributed by atoms with Crippen molar-refractivity contribution in [1.82, 2.24) is 16.0 Å². The van der Waals surface area contributed by atoms with Crippen molar-refractivity contribution in [1.29, 1.82) is 0 Å². The molecule has 1 saturated heterocycles. The van der Waals surface area contributed by atoms with E-state index < -0.39 is 0 Å². The lowest BCUT2D eigenvalue weighted by atomic mass is 10.0. The summed E-state index contributed by atoms with van der Waals surface area (Å²) >= 11 is 6.02. The number of hydrogen-bond donors (Lipinski definition) is 3. The van der Waals surface area contributed by atoms with Crippen molar-refractivity contribution in [2.75, 3.05) is 53.1 Å². The summed E-state index contributed by atoms with van der Waals surface area (Å²) in [4.78, 5) is 16.3. The van der Waals surface area contributed by atoms with Gasteiger partial charge < -0.3 is 25.4 Å². The Morgan fingerprint density at radius 3 is 2.59 bits per heavy atom. The molecule has 1 aliphatic heterocycles. The molecule has 3 N–H and O–H groups in total. The molecule has 1 fully saturated rings. The number of guanidine groups is 1. The van der Waals surface area contributed by atoms with Crippen LogP contribution in [-0.2, 0) is 9.47 Å². The maximum atomic E-state index is 12.1. The van der Waals surface area contributed by atoms with Crippen LogP contribution in [0.5, 0.6) is 0 Å². The highest BCUT2D eigenvalue weighted by molar-refractivity contribution is 14.0. The van der Waals surface area contributed by atoms with Crippen molar-refractivity contribution in [3.05, 3.63) is 34.9 Å². The van der Waals surface area contributed by atoms with Crippen LogP contribution >= 0.6 is 35.6 Å². The summed E-state index contributed by atoms with van der Waals surface area (Å²) in [5.74, 6) is 1.16. The van der Waals surface area contributed by atoms with E-state index in [0.717, 1.165) is 52.2 Å². The van der Waals surface area contributed by atoms with Gasteiger partial charge in [0, 0.05) is 53.1 Å². The molecule has 1 aromatic carbocycles. The molecule has 0 bridgehead atoms. The van der Waals surface area contributed by atoms with Crippen molar-refractivity contribution in [2.24, 2.45) is 10.9 Å². The van der Waals surface area contributed by atoms with Crippen molar-refractivity contribution < 1.29 is 14.3 Å². The monoisotopic (exact) mass is 538 g/mol. The summed E-state index contributed by atoms with van der Waals surface area (Å²) in [6.45, 7) is 5.08. The molecule has 9 heteroatoms. The first kappa shape index (κ1) is 25.9. The lowest BCUT2D eigenvalue weighted by Gasteiger charge is -2.21. The summed E-state index contributed by atoms with van der Waals surface area (Å²) < 4.78 is 11.1. The second-order valence-electron chi connectivity index (χ2n) is 6.65. The molecule has 164 valence electrons. The van der Waals surface area contributed by atoms with Crippen molar-refractivity contribution in [3.63, 3.8) is 0 Å². The molecule has 1 aromatic rings. The molecule has 29 heavy (non-hydrogen) atoms. The highest BCUT2D eigenvalue weighted by atomic mass is 127. The smallest absolute Gasteiger partial charge is 0.252 e. The number of aliphatic imine (C=N–C) groups is 1. The first-order valence-electron chi connectivity index (χ1n) is 9.83. The molecule has 0 spiro atoms. The van der Waals surface area contributed by atoms with Crippen molar-refractivity contribution >= 4 is 47.4 Å². The number of benzene rings is 1. The Hall–Kier alpha value is -1.10. The summed E-state index contributed by atoms with van der Waals surface area (Å²) in [6.07, 6.45) is 3.11. The molecule has 2 rings (SSSR count). The van der Waals surface area contributed by atoms with E-state index in [1.807, 2.05) is 0 Å². The molecular formula is C20H32ClIN4O3. The third-order valence-electron chi connectivity index (χ3n) is 4.50. The van der Waals surface area contributed by atoms with Gasteiger partial charge in [-0.3, -0.25) is 9.79 Å². The molecule has 7 nitrogen and oxygen atoms in total. The van der Waals surface area contributed by atoms with E-state index in [-0.39, 0.29) is 29.9 Å². The van der Waals surface area contributed by atoms with Crippen molar-refractivity contribution in [2.45, 2.75) is 19.3 Å². The Kier molecular flexibility index (Phi) is 14.0. The number of hydrogen-bond acceptors (Lipinski definition) is 4. The maximum absolute atomic E-state index is 12.1. The van der Waals surface area contributed by atoms with Gasteiger partial charge in [-0.25, -0.2) is 0 Å². The Bertz CT molecular complexity index is 627. The second-order valence-corrected chi connectivity index (χ2v) is 7.05. The summed E-state index contributed by atoms with van der Waals surface area (Å²) in [6, 6.07) is 6.99. The number of halogens is 2. The van der Waals surface area contributed by atoms with Gasteiger partial charge in [0.25, 0.3) is 5.91 Å². The summed E-state index contributed by atoms with van der Waals surface area (Å²) in [5.41, 5.74) is 0.479. The normalized spacial score (nSPS) is 14.8. The zero-order valence-corrected chi connectivity index (χ0v) is 20.0. The van der Waals surface area contributed by atoms with Crippen LogP contribution in [0.1, 0.15) is 29.6 Å². The number of carbonyl (C=O) groups excluding carboxylic acids is 1. The zero-order valence-electron chi connectivity index (χ0n) is 16.9. The van der Waals surface area contributed by atoms with E-state index in [1.54, 1.807) is 31.3 Å². The summed E-state index contributed by atoms with van der Waals surface area (Å²) in [7, 11) is 1.72. The number of carbonyl (C=O) groups is 1. The number of ether oxygens (including phenoxy) is 2. The van der Waals surface area contributed by atoms with Gasteiger partial charge in [0.2, 0.25) is 0 Å². The molecule has 0 unspecified atom stereocenters. The lowest BCUT2D eigenvalue weighted by molar-refractivity contribution is 0.0203. The second kappa shape index (κ2) is 15.7. The summed E-state index contributed by atoms with van der Waals surface area (Å²) in [5, 5.41) is 9.70. The third kappa shape index (κ3) is 10.5. The highest BCUT2D eigenvalue weighted by Crippen LogP contribution is 2.15. The van der Waals surface area contributed by atoms with E-state index >= 15 is 0 Å². The van der Waals surface area contributed by atoms with E-state index in [0.29, 0.717) is 35.6 Å². The quantitative estimate of drug-likeness (QED) is 0.185. The van der Waals surface area contributed by atoms with Crippen LogP contribution in [0.15, 0.2) is 29.3 Å². The van der Waals surface area contributed by atoms with Crippen LogP contribution in [-0.4, -0.2) is 65.0 Å². The number of nitrogens with zero attached hydrogens (tertiary/aromatic N) is 1. The number of amides is 1. The number of nitrogens with one attached hydrogen (secondary N) is 3. The Morgan fingerprint density at radius 1 is 1.17 bits per heavy atom. The molecule has 1 amide bonds. The predicted octanol–water partition coefficient (Wildman–Crippen LogP) is 2.69. The largest absolute Gasteiger partial charge is 0.381 e. The maximum Gasteiger partial charge on any atom is 0.252 e. The van der Waals surface area contributed by atoms with Crippen LogP contribution in [0.3, 0.4) is 0 Å². The Morgan fingerprint density at radius 2 is 1.86 bits per heavy atom. The fourth-order valence-electron chi connectivity index (χ4n) is 2.86. The van der Waals surface area contributed by atoms with E-state index in [1.165, 1.54) is 0 Å². The van der Waals surface area contributed by atoms with Crippen molar-refractivity contribution in [3.8, 4) is 0 Å². The number of rotatable bonds is 10. The Balaban J connectivity index is 0.00000420. The van der Waals surface area contributed by atoms with Gasteiger partial charge >= 0.3 is 0 Å². The third-order valence-corrected chi connectivity index (χ3v) is 4.83. The molecule has 0 aromatic heterocycles. The van der Waals surface area contributed by atoms with E-state index in [2.05, 4.69) is 20.9 Å². The van der Waals surface area contributed by atoms with Gasteiger partial charge in [0.05, 0.1) is 10.6 Å². The first-order valence-corrected chi connectivity index (χ1v) is 10.2. The average Bonchev–Trinajstić information content (AvgIpc) is 2.73. The SMILES string of the molecule is CN=C(NCCCOCC1CCOCC1)NCCNC(=O)c1ccccc1Cl.I. The van der Waals surface area contributed by atoms with Gasteiger partial charge in [0.15, 0.2) is 5.96 Å². The van der Waals surface area contributed by atoms with Crippen LogP contribution < -0.4 is 16.0 Å². The molecular weight excluding hydrogens is 507 g/mol. The highest BCUT2D eigenvalue weighted by Gasteiger charge is 2.13. The molecule has 0 saturated carbocycles. The van der Waals surface area contributed by atoms with Gasteiger partial charge in [-0.05, 0) is 37.3 Å². The van der Waals surface area contributed by atoms with Crippen LogP contribution in [0, 0.1) is 5.92 Å². The van der Waals surface area contributed by atoms with Gasteiger partial charge in [-0.2, -0.15) is 0 Å². The minimum Gasteiger partial charge on any atom is -0.381 e. The van der Waals surface area contributed by atoms with E-state index in [9.17, 15) is 4.79 Å². The van der Waals surface area contributed by atoms with Gasteiger partial charge in [-0.1, -0.05) is 23.7 Å². The zero-order chi connectivity index (χ0) is 20.0. The molecule has 0 aliphatic carbocycles.